The molecule has 0 spiro atoms. The summed E-state index contributed by atoms with van der Waals surface area (Å²) in [5.74, 6) is -2.60. The van der Waals surface area contributed by atoms with E-state index >= 15 is 0 Å². The molecule has 4 aromatic carbocycles. The first-order chi connectivity index (χ1) is 26.1. The number of rotatable bonds is 11. The quantitative estimate of drug-likeness (QED) is 0.0723. The minimum absolute atomic E-state index is 0.0680. The van der Waals surface area contributed by atoms with E-state index in [0.717, 1.165) is 10.4 Å². The Labute approximate surface area is 319 Å². The first-order valence-electron chi connectivity index (χ1n) is 16.9. The van der Waals surface area contributed by atoms with E-state index in [9.17, 15) is 28.4 Å². The number of anilines is 2. The molecule has 0 saturated heterocycles. The molecule has 0 fully saturated rings. The van der Waals surface area contributed by atoms with E-state index in [2.05, 4.69) is 16.0 Å². The van der Waals surface area contributed by atoms with E-state index in [4.69, 9.17) is 4.74 Å². The first kappa shape index (κ1) is 37.7. The molecular formula is C41H35FN4O6S2. The number of hydrogen-bond donors (Lipinski definition) is 3. The third kappa shape index (κ3) is 9.11. The summed E-state index contributed by atoms with van der Waals surface area (Å²) in [7, 11) is 1.29. The van der Waals surface area contributed by atoms with Gasteiger partial charge in [-0.15, -0.1) is 23.1 Å². The predicted molar refractivity (Wildman–Crippen MR) is 207 cm³/mol. The van der Waals surface area contributed by atoms with Crippen molar-refractivity contribution in [2.24, 2.45) is 0 Å². The van der Waals surface area contributed by atoms with Crippen molar-refractivity contribution in [1.29, 1.82) is 0 Å². The summed E-state index contributed by atoms with van der Waals surface area (Å²) >= 11 is 2.49. The van der Waals surface area contributed by atoms with E-state index in [0.29, 0.717) is 57.3 Å². The molecule has 0 radical (unpaired) electrons. The molecule has 2 heterocycles. The Hall–Kier alpha value is -6.05. The fourth-order valence-corrected chi connectivity index (χ4v) is 8.14. The maximum absolute atomic E-state index is 14.1. The lowest BCUT2D eigenvalue weighted by molar-refractivity contribution is -0.129. The molecule has 10 nitrogen and oxygen atoms in total. The Balaban J connectivity index is 1.25. The van der Waals surface area contributed by atoms with Crippen molar-refractivity contribution in [2.45, 2.75) is 30.0 Å². The lowest BCUT2D eigenvalue weighted by Crippen LogP contribution is -2.33. The second-order valence-electron chi connectivity index (χ2n) is 12.2. The number of methoxy groups -OCH3 is 1. The monoisotopic (exact) mass is 762 g/mol. The lowest BCUT2D eigenvalue weighted by Gasteiger charge is -2.25. The van der Waals surface area contributed by atoms with Gasteiger partial charge in [0.2, 0.25) is 11.8 Å². The van der Waals surface area contributed by atoms with Gasteiger partial charge in [-0.3, -0.25) is 19.2 Å². The molecule has 13 heteroatoms. The number of fused-ring (bicyclic) bond motifs is 1. The Morgan fingerprint density at radius 2 is 1.59 bits per heavy atom. The number of carbonyl (C=O) groups is 5. The fraction of sp³-hybridized carbons (Fsp3) is 0.146. The van der Waals surface area contributed by atoms with Crippen LogP contribution in [0.3, 0.4) is 0 Å². The molecule has 1 aliphatic rings. The Morgan fingerprint density at radius 1 is 0.889 bits per heavy atom. The molecule has 1 aliphatic heterocycles. The highest BCUT2D eigenvalue weighted by molar-refractivity contribution is 8.00. The molecule has 0 aliphatic carbocycles. The third-order valence-corrected chi connectivity index (χ3v) is 10.9. The van der Waals surface area contributed by atoms with Gasteiger partial charge in [-0.2, -0.15) is 0 Å². The Kier molecular flexibility index (Phi) is 12.0. The van der Waals surface area contributed by atoms with E-state index in [1.807, 2.05) is 30.3 Å². The van der Waals surface area contributed by atoms with Gasteiger partial charge in [0.15, 0.2) is 0 Å². The third-order valence-electron chi connectivity index (χ3n) is 8.52. The molecule has 3 N–H and O–H groups in total. The average molecular weight is 763 g/mol. The van der Waals surface area contributed by atoms with Crippen LogP contribution in [-0.2, 0) is 32.1 Å². The summed E-state index contributed by atoms with van der Waals surface area (Å²) in [6, 6.07) is 30.0. The maximum Gasteiger partial charge on any atom is 0.341 e. The minimum atomic E-state index is -0.783. The molecule has 0 saturated carbocycles. The maximum atomic E-state index is 14.1. The van der Waals surface area contributed by atoms with Gasteiger partial charge in [0.25, 0.3) is 11.8 Å². The fourth-order valence-electron chi connectivity index (χ4n) is 5.81. The number of ether oxygens (including phenoxy) is 1. The van der Waals surface area contributed by atoms with Crippen LogP contribution in [0.5, 0.6) is 0 Å². The van der Waals surface area contributed by atoms with E-state index < -0.39 is 28.9 Å². The predicted octanol–water partition coefficient (Wildman–Crippen LogP) is 7.46. The zero-order chi connectivity index (χ0) is 38.2. The number of thioether (sulfide) groups is 1. The number of benzene rings is 4. The van der Waals surface area contributed by atoms with E-state index in [1.54, 1.807) is 59.5 Å². The number of esters is 1. The van der Waals surface area contributed by atoms with Gasteiger partial charge in [0.1, 0.15) is 21.8 Å². The number of carbonyl (C=O) groups excluding carboxylic acids is 5. The average Bonchev–Trinajstić information content (AvgIpc) is 3.54. The summed E-state index contributed by atoms with van der Waals surface area (Å²) in [5, 5.41) is 8.05. The smallest absolute Gasteiger partial charge is 0.341 e. The second kappa shape index (κ2) is 17.2. The number of halogens is 1. The van der Waals surface area contributed by atoms with Gasteiger partial charge in [0, 0.05) is 34.5 Å². The molecule has 4 amide bonds. The molecule has 6 rings (SSSR count). The van der Waals surface area contributed by atoms with Crippen LogP contribution in [0.15, 0.2) is 120 Å². The van der Waals surface area contributed by atoms with E-state index in [-0.39, 0.29) is 17.5 Å². The highest BCUT2D eigenvalue weighted by Gasteiger charge is 2.32. The normalized spacial score (nSPS) is 12.9. The molecule has 274 valence electrons. The summed E-state index contributed by atoms with van der Waals surface area (Å²) in [5.41, 5.74) is 2.92. The number of thiophene rings is 1. The van der Waals surface area contributed by atoms with Gasteiger partial charge in [-0.1, -0.05) is 66.7 Å². The van der Waals surface area contributed by atoms with Crippen molar-refractivity contribution >= 4 is 69.5 Å². The summed E-state index contributed by atoms with van der Waals surface area (Å²) in [6.45, 7) is 2.29. The second-order valence-corrected chi connectivity index (χ2v) is 14.5. The number of amides is 4. The van der Waals surface area contributed by atoms with Gasteiger partial charge in [-0.05, 0) is 71.7 Å². The summed E-state index contributed by atoms with van der Waals surface area (Å²) in [6.07, 6.45) is 1.91. The van der Waals surface area contributed by atoms with Crippen LogP contribution in [0, 0.1) is 5.82 Å². The van der Waals surface area contributed by atoms with Gasteiger partial charge in [0.05, 0.1) is 19.2 Å². The molecule has 0 bridgehead atoms. The standard InChI is InChI=1S/C41H35FN4O6S2/c1-25(47)46-21-20-32-34(24-46)54-40(35(32)41(51)52-2)45-39(50)36(27-10-5-3-6-11-27)53-31-15-9-14-30(23-31)43-38(49)33(22-26-16-18-29(42)19-17-26)44-37(48)28-12-7-4-8-13-28/h3-19,22-23,36H,20-21,24H2,1-2H3,(H,43,49)(H,44,48)(H,45,50)/b33-22-. The van der Waals surface area contributed by atoms with Gasteiger partial charge >= 0.3 is 5.97 Å². The van der Waals surface area contributed by atoms with Crippen molar-refractivity contribution in [3.63, 3.8) is 0 Å². The van der Waals surface area contributed by atoms with Crippen molar-refractivity contribution in [2.75, 3.05) is 24.3 Å². The van der Waals surface area contributed by atoms with Crippen LogP contribution in [0.4, 0.5) is 15.1 Å². The van der Waals surface area contributed by atoms with Crippen LogP contribution >= 0.6 is 23.1 Å². The van der Waals surface area contributed by atoms with Crippen LogP contribution in [0.2, 0.25) is 0 Å². The topological polar surface area (TPSA) is 134 Å². The molecule has 1 aromatic heterocycles. The van der Waals surface area contributed by atoms with Crippen LogP contribution in [0.1, 0.15) is 54.5 Å². The zero-order valence-corrected chi connectivity index (χ0v) is 30.9. The van der Waals surface area contributed by atoms with Crippen LogP contribution < -0.4 is 16.0 Å². The van der Waals surface area contributed by atoms with Gasteiger partial charge < -0.3 is 25.6 Å². The van der Waals surface area contributed by atoms with Crippen molar-refractivity contribution in [3.05, 3.63) is 153 Å². The van der Waals surface area contributed by atoms with Gasteiger partial charge in [-0.25, -0.2) is 9.18 Å². The molecule has 1 atom stereocenters. The Morgan fingerprint density at radius 3 is 2.28 bits per heavy atom. The zero-order valence-electron chi connectivity index (χ0n) is 29.3. The largest absolute Gasteiger partial charge is 0.465 e. The molecule has 1 unspecified atom stereocenters. The molecular weight excluding hydrogens is 728 g/mol. The minimum Gasteiger partial charge on any atom is -0.465 e. The number of nitrogens with zero attached hydrogens (tertiary/aromatic N) is 1. The summed E-state index contributed by atoms with van der Waals surface area (Å²) < 4.78 is 18.7. The highest BCUT2D eigenvalue weighted by atomic mass is 32.2. The van der Waals surface area contributed by atoms with Crippen molar-refractivity contribution < 1.29 is 33.1 Å². The number of hydrogen-bond acceptors (Lipinski definition) is 8. The van der Waals surface area contributed by atoms with Crippen LogP contribution in [0.25, 0.3) is 6.08 Å². The molecule has 5 aromatic rings. The highest BCUT2D eigenvalue weighted by Crippen LogP contribution is 2.41. The van der Waals surface area contributed by atoms with E-state index in [1.165, 1.54) is 67.5 Å². The summed E-state index contributed by atoms with van der Waals surface area (Å²) in [4.78, 5) is 69.1. The van der Waals surface area contributed by atoms with Crippen molar-refractivity contribution in [1.82, 2.24) is 10.2 Å². The van der Waals surface area contributed by atoms with Crippen molar-refractivity contribution in [3.8, 4) is 0 Å². The first-order valence-corrected chi connectivity index (χ1v) is 18.5. The SMILES string of the molecule is COC(=O)c1c(NC(=O)C(Sc2cccc(NC(=O)/C(=C/c3ccc(F)cc3)NC(=O)c3ccccc3)c2)c2ccccc2)sc2c1CCN(C(C)=O)C2. The lowest BCUT2D eigenvalue weighted by atomic mass is 10.0. The van der Waals surface area contributed by atoms with Crippen LogP contribution in [-0.4, -0.2) is 48.2 Å². The number of nitrogens with one attached hydrogen (secondary N) is 3. The molecule has 54 heavy (non-hydrogen) atoms. The Bertz CT molecular complexity index is 2230.